The number of benzene rings is 1. The molecule has 2 N–H and O–H groups in total. The molecule has 19 heavy (non-hydrogen) atoms. The number of nitrogens with zero attached hydrogens (tertiary/aromatic N) is 1. The van der Waals surface area contributed by atoms with E-state index in [9.17, 15) is 0 Å². The Labute approximate surface area is 116 Å². The molecule has 1 heterocycles. The quantitative estimate of drug-likeness (QED) is 0.883. The van der Waals surface area contributed by atoms with E-state index in [-0.39, 0.29) is 0 Å². The molecule has 0 amide bonds. The summed E-state index contributed by atoms with van der Waals surface area (Å²) in [5, 5.41) is 0. The molecule has 3 heteroatoms. The maximum absolute atomic E-state index is 5.96. The summed E-state index contributed by atoms with van der Waals surface area (Å²) in [7, 11) is 1.82. The SMILES string of the molecule is COC1CN(CC(CN)c2ccccc2)CCC1C. The maximum atomic E-state index is 5.96. The third-order valence-corrected chi connectivity index (χ3v) is 4.31. The van der Waals surface area contributed by atoms with E-state index in [2.05, 4.69) is 42.2 Å². The zero-order valence-electron chi connectivity index (χ0n) is 12.1. The molecule has 1 aromatic carbocycles. The highest BCUT2D eigenvalue weighted by Crippen LogP contribution is 2.22. The molecule has 1 fully saturated rings. The van der Waals surface area contributed by atoms with Gasteiger partial charge in [0.15, 0.2) is 0 Å². The summed E-state index contributed by atoms with van der Waals surface area (Å²) >= 11 is 0. The first-order valence-corrected chi connectivity index (χ1v) is 7.24. The van der Waals surface area contributed by atoms with E-state index in [1.54, 1.807) is 0 Å². The predicted molar refractivity (Wildman–Crippen MR) is 79.3 cm³/mol. The molecule has 1 aliphatic rings. The van der Waals surface area contributed by atoms with Crippen LogP contribution in [0.4, 0.5) is 0 Å². The lowest BCUT2D eigenvalue weighted by molar-refractivity contribution is -0.00637. The molecule has 1 saturated heterocycles. The van der Waals surface area contributed by atoms with E-state index in [0.717, 1.165) is 19.6 Å². The smallest absolute Gasteiger partial charge is 0.0724 e. The molecule has 0 aromatic heterocycles. The summed E-state index contributed by atoms with van der Waals surface area (Å²) < 4.78 is 5.58. The third kappa shape index (κ3) is 3.78. The number of hydrogen-bond acceptors (Lipinski definition) is 3. The highest BCUT2D eigenvalue weighted by molar-refractivity contribution is 5.20. The summed E-state index contributed by atoms with van der Waals surface area (Å²) in [6.07, 6.45) is 1.58. The Morgan fingerprint density at radius 1 is 1.37 bits per heavy atom. The van der Waals surface area contributed by atoms with Crippen LogP contribution in [0.25, 0.3) is 0 Å². The van der Waals surface area contributed by atoms with Crippen molar-refractivity contribution in [3.8, 4) is 0 Å². The van der Waals surface area contributed by atoms with Gasteiger partial charge in [-0.05, 0) is 24.4 Å². The minimum absolute atomic E-state index is 0.364. The molecular weight excluding hydrogens is 236 g/mol. The summed E-state index contributed by atoms with van der Waals surface area (Å²) in [6, 6.07) is 10.6. The van der Waals surface area contributed by atoms with Gasteiger partial charge in [0.2, 0.25) is 0 Å². The number of rotatable bonds is 5. The van der Waals surface area contributed by atoms with Gasteiger partial charge in [-0.15, -0.1) is 0 Å². The van der Waals surface area contributed by atoms with E-state index in [1.807, 2.05) is 7.11 Å². The van der Waals surface area contributed by atoms with Gasteiger partial charge in [-0.3, -0.25) is 0 Å². The molecule has 3 atom stereocenters. The molecule has 0 spiro atoms. The highest BCUT2D eigenvalue weighted by atomic mass is 16.5. The molecule has 1 aromatic rings. The van der Waals surface area contributed by atoms with Crippen molar-refractivity contribution in [2.24, 2.45) is 11.7 Å². The number of hydrogen-bond donors (Lipinski definition) is 1. The Balaban J connectivity index is 1.96. The Morgan fingerprint density at radius 3 is 2.74 bits per heavy atom. The third-order valence-electron chi connectivity index (χ3n) is 4.31. The number of piperidine rings is 1. The van der Waals surface area contributed by atoms with Crippen LogP contribution in [-0.2, 0) is 4.74 Å². The maximum Gasteiger partial charge on any atom is 0.0724 e. The van der Waals surface area contributed by atoms with Crippen LogP contribution in [0.15, 0.2) is 30.3 Å². The fraction of sp³-hybridized carbons (Fsp3) is 0.625. The monoisotopic (exact) mass is 262 g/mol. The number of likely N-dealkylation sites (tertiary alicyclic amines) is 1. The van der Waals surface area contributed by atoms with Gasteiger partial charge in [-0.2, -0.15) is 0 Å². The molecule has 3 unspecified atom stereocenters. The molecule has 2 rings (SSSR count). The van der Waals surface area contributed by atoms with Gasteiger partial charge < -0.3 is 15.4 Å². The van der Waals surface area contributed by atoms with Crippen LogP contribution in [0.3, 0.4) is 0 Å². The second-order valence-electron chi connectivity index (χ2n) is 5.64. The Morgan fingerprint density at radius 2 is 2.11 bits per heavy atom. The normalized spacial score (nSPS) is 26.3. The van der Waals surface area contributed by atoms with Crippen LogP contribution >= 0.6 is 0 Å². The minimum Gasteiger partial charge on any atom is -0.380 e. The van der Waals surface area contributed by atoms with Gasteiger partial charge in [-0.25, -0.2) is 0 Å². The van der Waals surface area contributed by atoms with Gasteiger partial charge in [0.05, 0.1) is 6.10 Å². The Hall–Kier alpha value is -0.900. The first kappa shape index (κ1) is 14.5. The second-order valence-corrected chi connectivity index (χ2v) is 5.64. The summed E-state index contributed by atoms with van der Waals surface area (Å²) in [5.41, 5.74) is 7.30. The van der Waals surface area contributed by atoms with Crippen molar-refractivity contribution in [2.45, 2.75) is 25.4 Å². The van der Waals surface area contributed by atoms with Crippen LogP contribution in [0.5, 0.6) is 0 Å². The van der Waals surface area contributed by atoms with Crippen molar-refractivity contribution in [1.29, 1.82) is 0 Å². The number of nitrogens with two attached hydrogens (primary N) is 1. The largest absolute Gasteiger partial charge is 0.380 e. The summed E-state index contributed by atoms with van der Waals surface area (Å²) in [6.45, 7) is 6.20. The molecule has 3 nitrogen and oxygen atoms in total. The molecule has 0 aliphatic carbocycles. The molecular formula is C16H26N2O. The number of methoxy groups -OCH3 is 1. The lowest BCUT2D eigenvalue weighted by Gasteiger charge is -2.37. The standard InChI is InChI=1S/C16H26N2O/c1-13-8-9-18(12-16(13)19-2)11-15(10-17)14-6-4-3-5-7-14/h3-7,13,15-16H,8-12,17H2,1-2H3. The van der Waals surface area contributed by atoms with Crippen molar-refractivity contribution < 1.29 is 4.74 Å². The Bertz CT molecular complexity index is 368. The van der Waals surface area contributed by atoms with Crippen molar-refractivity contribution in [1.82, 2.24) is 4.90 Å². The summed E-state index contributed by atoms with van der Waals surface area (Å²) in [4.78, 5) is 2.50. The van der Waals surface area contributed by atoms with Gasteiger partial charge in [0.25, 0.3) is 0 Å². The molecule has 106 valence electrons. The van der Waals surface area contributed by atoms with Crippen LogP contribution in [0, 0.1) is 5.92 Å². The minimum atomic E-state index is 0.364. The van der Waals surface area contributed by atoms with Crippen molar-refractivity contribution in [3.05, 3.63) is 35.9 Å². The summed E-state index contributed by atoms with van der Waals surface area (Å²) in [5.74, 6) is 1.08. The van der Waals surface area contributed by atoms with E-state index in [1.165, 1.54) is 12.0 Å². The lowest BCUT2D eigenvalue weighted by atomic mass is 9.93. The van der Waals surface area contributed by atoms with E-state index < -0.39 is 0 Å². The first-order valence-electron chi connectivity index (χ1n) is 7.24. The zero-order chi connectivity index (χ0) is 13.7. The van der Waals surface area contributed by atoms with Crippen molar-refractivity contribution >= 4 is 0 Å². The average molecular weight is 262 g/mol. The van der Waals surface area contributed by atoms with E-state index in [4.69, 9.17) is 10.5 Å². The second kappa shape index (κ2) is 7.04. The molecule has 0 saturated carbocycles. The molecule has 0 radical (unpaired) electrons. The van der Waals surface area contributed by atoms with Gasteiger partial charge >= 0.3 is 0 Å². The van der Waals surface area contributed by atoms with Crippen LogP contribution in [0.1, 0.15) is 24.8 Å². The van der Waals surface area contributed by atoms with Gasteiger partial charge in [0, 0.05) is 32.7 Å². The predicted octanol–water partition coefficient (Wildman–Crippen LogP) is 2.09. The average Bonchev–Trinajstić information content (AvgIpc) is 2.47. The Kier molecular flexibility index (Phi) is 5.37. The lowest BCUT2D eigenvalue weighted by Crippen LogP contribution is -2.45. The van der Waals surface area contributed by atoms with Crippen LogP contribution < -0.4 is 5.73 Å². The first-order chi connectivity index (χ1) is 9.24. The van der Waals surface area contributed by atoms with Crippen molar-refractivity contribution in [2.75, 3.05) is 33.3 Å². The zero-order valence-corrected chi connectivity index (χ0v) is 12.1. The van der Waals surface area contributed by atoms with Gasteiger partial charge in [-0.1, -0.05) is 37.3 Å². The molecule has 1 aliphatic heterocycles. The van der Waals surface area contributed by atoms with E-state index >= 15 is 0 Å². The topological polar surface area (TPSA) is 38.5 Å². The fourth-order valence-electron chi connectivity index (χ4n) is 2.92. The van der Waals surface area contributed by atoms with Crippen molar-refractivity contribution in [3.63, 3.8) is 0 Å². The fourth-order valence-corrected chi connectivity index (χ4v) is 2.92. The molecule has 0 bridgehead atoms. The van der Waals surface area contributed by atoms with Crippen LogP contribution in [0.2, 0.25) is 0 Å². The number of ether oxygens (including phenoxy) is 1. The van der Waals surface area contributed by atoms with E-state index in [0.29, 0.717) is 24.5 Å². The van der Waals surface area contributed by atoms with Crippen LogP contribution in [-0.4, -0.2) is 44.3 Å². The van der Waals surface area contributed by atoms with Gasteiger partial charge in [0.1, 0.15) is 0 Å². The highest BCUT2D eigenvalue weighted by Gasteiger charge is 2.27.